The van der Waals surface area contributed by atoms with E-state index < -0.39 is 0 Å². The summed E-state index contributed by atoms with van der Waals surface area (Å²) >= 11 is 0. The van der Waals surface area contributed by atoms with Crippen molar-refractivity contribution in [3.8, 4) is 0 Å². The van der Waals surface area contributed by atoms with E-state index in [1.165, 1.54) is 24.7 Å². The molecule has 4 rings (SSSR count). The van der Waals surface area contributed by atoms with E-state index in [1.807, 2.05) is 6.07 Å². The number of carbonyl (C=O) groups excluding carboxylic acids is 1. The third kappa shape index (κ3) is 6.11. The maximum Gasteiger partial charge on any atom is 0.185 e. The molecule has 166 valence electrons. The fourth-order valence-electron chi connectivity index (χ4n) is 4.19. The molecule has 2 aromatic rings. The van der Waals surface area contributed by atoms with Gasteiger partial charge in [-0.15, -0.1) is 0 Å². The summed E-state index contributed by atoms with van der Waals surface area (Å²) in [4.78, 5) is 26.5. The van der Waals surface area contributed by atoms with E-state index in [4.69, 9.17) is 4.74 Å². The molecule has 1 aliphatic carbocycles. The summed E-state index contributed by atoms with van der Waals surface area (Å²) in [6.07, 6.45) is 5.58. The molecular weight excluding hydrogens is 388 g/mol. The summed E-state index contributed by atoms with van der Waals surface area (Å²) in [5.41, 5.74) is 4.03. The Bertz CT molecular complexity index is 891. The van der Waals surface area contributed by atoms with Crippen molar-refractivity contribution in [3.05, 3.63) is 53.0 Å². The molecule has 1 saturated heterocycles. The number of Topliss-reactive ketones (excluding diaryl/α,β-unsaturated/α-hetero) is 1. The zero-order valence-electron chi connectivity index (χ0n) is 18.8. The van der Waals surface area contributed by atoms with Crippen molar-refractivity contribution in [1.29, 1.82) is 0 Å². The van der Waals surface area contributed by atoms with Gasteiger partial charge in [0.25, 0.3) is 0 Å². The van der Waals surface area contributed by atoms with Crippen LogP contribution >= 0.6 is 0 Å². The van der Waals surface area contributed by atoms with Crippen LogP contribution in [-0.4, -0.2) is 60.0 Å². The number of benzene rings is 1. The molecule has 6 heteroatoms. The third-order valence-corrected chi connectivity index (χ3v) is 6.20. The monoisotopic (exact) mass is 422 g/mol. The standard InChI is InChI=1S/C25H34N4O2/c1-3-8-29(17-20-4-5-20)25-15-23(26-18-27-25)24(30)14-22-7-6-21(13-19(22)2)16-28-9-11-31-12-10-28/h6-7,13,15,18,20H,3-5,8-12,14,16-17H2,1-2H3. The van der Waals surface area contributed by atoms with E-state index >= 15 is 0 Å². The van der Waals surface area contributed by atoms with Gasteiger partial charge < -0.3 is 9.64 Å². The lowest BCUT2D eigenvalue weighted by Crippen LogP contribution is -2.35. The molecule has 0 unspecified atom stereocenters. The summed E-state index contributed by atoms with van der Waals surface area (Å²) in [7, 11) is 0. The average Bonchev–Trinajstić information content (AvgIpc) is 3.60. The Morgan fingerprint density at radius 3 is 2.71 bits per heavy atom. The molecule has 2 aliphatic rings. The Morgan fingerprint density at radius 2 is 2.00 bits per heavy atom. The Balaban J connectivity index is 1.41. The van der Waals surface area contributed by atoms with E-state index in [9.17, 15) is 4.79 Å². The van der Waals surface area contributed by atoms with Gasteiger partial charge in [-0.25, -0.2) is 9.97 Å². The van der Waals surface area contributed by atoms with Crippen molar-refractivity contribution in [1.82, 2.24) is 14.9 Å². The van der Waals surface area contributed by atoms with E-state index in [0.717, 1.165) is 75.2 Å². The van der Waals surface area contributed by atoms with Gasteiger partial charge in [0.15, 0.2) is 5.78 Å². The van der Waals surface area contributed by atoms with Crippen LogP contribution in [0.3, 0.4) is 0 Å². The highest BCUT2D eigenvalue weighted by Crippen LogP contribution is 2.31. The van der Waals surface area contributed by atoms with Gasteiger partial charge in [-0.3, -0.25) is 9.69 Å². The Hall–Kier alpha value is -2.31. The first-order valence-corrected chi connectivity index (χ1v) is 11.6. The van der Waals surface area contributed by atoms with Crippen LogP contribution in [0.1, 0.15) is 53.4 Å². The fraction of sp³-hybridized carbons (Fsp3) is 0.560. The molecule has 2 fully saturated rings. The minimum Gasteiger partial charge on any atom is -0.379 e. The second-order valence-electron chi connectivity index (χ2n) is 8.90. The number of carbonyl (C=O) groups is 1. The van der Waals surface area contributed by atoms with Crippen LogP contribution in [0.25, 0.3) is 0 Å². The number of hydrogen-bond donors (Lipinski definition) is 0. The highest BCUT2D eigenvalue weighted by molar-refractivity contribution is 5.96. The van der Waals surface area contributed by atoms with E-state index in [1.54, 1.807) is 0 Å². The molecule has 31 heavy (non-hydrogen) atoms. The number of morpholine rings is 1. The van der Waals surface area contributed by atoms with Crippen LogP contribution in [0.2, 0.25) is 0 Å². The van der Waals surface area contributed by atoms with Crippen LogP contribution in [-0.2, 0) is 17.7 Å². The maximum absolute atomic E-state index is 13.0. The summed E-state index contributed by atoms with van der Waals surface area (Å²) < 4.78 is 5.43. The van der Waals surface area contributed by atoms with Crippen molar-refractivity contribution in [2.24, 2.45) is 5.92 Å². The molecule has 0 spiro atoms. The van der Waals surface area contributed by atoms with Gasteiger partial charge in [-0.2, -0.15) is 0 Å². The molecule has 1 aromatic carbocycles. The second-order valence-corrected chi connectivity index (χ2v) is 8.90. The van der Waals surface area contributed by atoms with Crippen LogP contribution in [0.5, 0.6) is 0 Å². The SMILES string of the molecule is CCCN(CC1CC1)c1cc(C(=O)Cc2ccc(CN3CCOCC3)cc2C)ncn1. The Kier molecular flexibility index (Phi) is 7.30. The molecule has 1 aliphatic heterocycles. The minimum absolute atomic E-state index is 0.0514. The largest absolute Gasteiger partial charge is 0.379 e. The molecule has 1 saturated carbocycles. The topological polar surface area (TPSA) is 58.6 Å². The first kappa shape index (κ1) is 21.9. The highest BCUT2D eigenvalue weighted by atomic mass is 16.5. The summed E-state index contributed by atoms with van der Waals surface area (Å²) in [5, 5.41) is 0. The van der Waals surface area contributed by atoms with Gasteiger partial charge in [0.1, 0.15) is 17.8 Å². The predicted molar refractivity (Wildman–Crippen MR) is 123 cm³/mol. The van der Waals surface area contributed by atoms with E-state index in [2.05, 4.69) is 51.8 Å². The molecule has 0 atom stereocenters. The number of nitrogens with zero attached hydrogens (tertiary/aromatic N) is 4. The first-order chi connectivity index (χ1) is 15.1. The number of ketones is 1. The van der Waals surface area contributed by atoms with Crippen molar-refractivity contribution >= 4 is 11.6 Å². The first-order valence-electron chi connectivity index (χ1n) is 11.6. The normalized spacial score (nSPS) is 17.0. The zero-order valence-corrected chi connectivity index (χ0v) is 18.8. The average molecular weight is 423 g/mol. The van der Waals surface area contributed by atoms with Gasteiger partial charge in [0.2, 0.25) is 0 Å². The van der Waals surface area contributed by atoms with Gasteiger partial charge in [-0.1, -0.05) is 25.1 Å². The van der Waals surface area contributed by atoms with Crippen LogP contribution in [0, 0.1) is 12.8 Å². The zero-order chi connectivity index (χ0) is 21.6. The summed E-state index contributed by atoms with van der Waals surface area (Å²) in [5.74, 6) is 1.71. The number of aromatic nitrogens is 2. The molecule has 2 heterocycles. The number of anilines is 1. The number of aryl methyl sites for hydroxylation is 1. The molecular formula is C25H34N4O2. The third-order valence-electron chi connectivity index (χ3n) is 6.20. The van der Waals surface area contributed by atoms with Crippen molar-refractivity contribution in [2.75, 3.05) is 44.3 Å². The number of hydrogen-bond acceptors (Lipinski definition) is 6. The molecule has 0 N–H and O–H groups in total. The van der Waals surface area contributed by atoms with E-state index in [0.29, 0.717) is 12.1 Å². The number of rotatable bonds is 10. The van der Waals surface area contributed by atoms with Crippen LogP contribution < -0.4 is 4.90 Å². The van der Waals surface area contributed by atoms with E-state index in [-0.39, 0.29) is 5.78 Å². The fourth-order valence-corrected chi connectivity index (χ4v) is 4.19. The van der Waals surface area contributed by atoms with Gasteiger partial charge in [0.05, 0.1) is 13.2 Å². The lowest BCUT2D eigenvalue weighted by atomic mass is 9.99. The Morgan fingerprint density at radius 1 is 1.19 bits per heavy atom. The quantitative estimate of drug-likeness (QED) is 0.545. The Labute approximate surface area is 185 Å². The number of ether oxygens (including phenoxy) is 1. The summed E-state index contributed by atoms with van der Waals surface area (Å²) in [6, 6.07) is 8.33. The van der Waals surface area contributed by atoms with Crippen molar-refractivity contribution in [3.63, 3.8) is 0 Å². The molecule has 0 bridgehead atoms. The van der Waals surface area contributed by atoms with Gasteiger partial charge in [-0.05, 0) is 48.8 Å². The van der Waals surface area contributed by atoms with Crippen LogP contribution in [0.15, 0.2) is 30.6 Å². The van der Waals surface area contributed by atoms with Gasteiger partial charge >= 0.3 is 0 Å². The maximum atomic E-state index is 13.0. The molecule has 6 nitrogen and oxygen atoms in total. The van der Waals surface area contributed by atoms with Crippen molar-refractivity contribution in [2.45, 2.75) is 46.1 Å². The molecule has 1 aromatic heterocycles. The van der Waals surface area contributed by atoms with Gasteiger partial charge in [0, 0.05) is 45.2 Å². The predicted octanol–water partition coefficient (Wildman–Crippen LogP) is 3.67. The van der Waals surface area contributed by atoms with Crippen molar-refractivity contribution < 1.29 is 9.53 Å². The highest BCUT2D eigenvalue weighted by Gasteiger charge is 2.25. The lowest BCUT2D eigenvalue weighted by molar-refractivity contribution is 0.0342. The van der Waals surface area contributed by atoms with Crippen LogP contribution in [0.4, 0.5) is 5.82 Å². The smallest absolute Gasteiger partial charge is 0.185 e. The molecule has 0 amide bonds. The summed E-state index contributed by atoms with van der Waals surface area (Å²) in [6.45, 7) is 10.8. The lowest BCUT2D eigenvalue weighted by Gasteiger charge is -2.26. The minimum atomic E-state index is 0.0514. The second kappa shape index (κ2) is 10.3. The molecule has 0 radical (unpaired) electrons.